The second kappa shape index (κ2) is 10.2. The maximum absolute atomic E-state index is 12.5. The summed E-state index contributed by atoms with van der Waals surface area (Å²) < 4.78 is 5.37. The monoisotopic (exact) mass is 381 g/mol. The summed E-state index contributed by atoms with van der Waals surface area (Å²) in [5.74, 6) is -1.38. The van der Waals surface area contributed by atoms with E-state index in [1.54, 1.807) is 24.3 Å². The summed E-state index contributed by atoms with van der Waals surface area (Å²) in [5.41, 5.74) is 11.9. The third kappa shape index (κ3) is 5.92. The summed E-state index contributed by atoms with van der Waals surface area (Å²) >= 11 is 0. The molecule has 1 aromatic carbocycles. The number of benzene rings is 1. The Morgan fingerprint density at radius 3 is 2.43 bits per heavy atom. The first-order valence-corrected chi connectivity index (χ1v) is 9.13. The number of ether oxygens (including phenoxy) is 1. The molecule has 1 amide bonds. The Kier molecular flexibility index (Phi) is 7.70. The Morgan fingerprint density at radius 1 is 1.21 bits per heavy atom. The first-order chi connectivity index (χ1) is 13.5. The third-order valence-electron chi connectivity index (χ3n) is 4.29. The van der Waals surface area contributed by atoms with Gasteiger partial charge in [-0.05, 0) is 56.5 Å². The number of allylic oxidation sites excluding steroid dienone is 1. The second-order valence-corrected chi connectivity index (χ2v) is 6.58. The number of nitrogens with zero attached hydrogens (tertiary/aromatic N) is 2. The fourth-order valence-corrected chi connectivity index (χ4v) is 2.53. The number of carbonyl (C=O) groups excluding carboxylic acids is 2. The maximum atomic E-state index is 12.5. The molecule has 0 radical (unpaired) electrons. The average molecular weight is 381 g/mol. The molecule has 1 aromatic rings. The van der Waals surface area contributed by atoms with Crippen LogP contribution in [0.5, 0.6) is 0 Å². The zero-order valence-electron chi connectivity index (χ0n) is 15.5. The van der Waals surface area contributed by atoms with E-state index in [9.17, 15) is 14.9 Å². The number of anilines is 1. The molecule has 28 heavy (non-hydrogen) atoms. The van der Waals surface area contributed by atoms with Gasteiger partial charge < -0.3 is 21.5 Å². The number of nitriles is 2. The topological polar surface area (TPSA) is 155 Å². The van der Waals surface area contributed by atoms with Crippen molar-refractivity contribution in [3.63, 3.8) is 0 Å². The number of nitrogens with one attached hydrogen (secondary N) is 1. The summed E-state index contributed by atoms with van der Waals surface area (Å²) in [6.07, 6.45) is 3.34. The number of carbonyl (C=O) groups is 2. The highest BCUT2D eigenvalue weighted by atomic mass is 16.5. The minimum absolute atomic E-state index is 0.0768. The van der Waals surface area contributed by atoms with Crippen LogP contribution in [0, 0.1) is 28.6 Å². The summed E-state index contributed by atoms with van der Waals surface area (Å²) in [7, 11) is 0. The number of unbranched alkanes of at least 4 members (excludes halogenated alkanes) is 1. The smallest absolute Gasteiger partial charge is 0.328 e. The van der Waals surface area contributed by atoms with E-state index >= 15 is 0 Å². The van der Waals surface area contributed by atoms with Gasteiger partial charge in [0, 0.05) is 11.6 Å². The molecule has 0 saturated heterocycles. The lowest BCUT2D eigenvalue weighted by Crippen LogP contribution is -2.33. The van der Waals surface area contributed by atoms with Gasteiger partial charge in [0.2, 0.25) is 0 Å². The summed E-state index contributed by atoms with van der Waals surface area (Å²) in [6.45, 7) is 0.517. The quantitative estimate of drug-likeness (QED) is 0.193. The maximum Gasteiger partial charge on any atom is 0.328 e. The average Bonchev–Trinajstić information content (AvgIpc) is 3.53. The van der Waals surface area contributed by atoms with Crippen LogP contribution < -0.4 is 16.8 Å². The molecule has 5 N–H and O–H groups in total. The van der Waals surface area contributed by atoms with Gasteiger partial charge in [-0.1, -0.05) is 6.42 Å². The van der Waals surface area contributed by atoms with E-state index in [-0.39, 0.29) is 17.3 Å². The highest BCUT2D eigenvalue weighted by Crippen LogP contribution is 2.39. The minimum atomic E-state index is -0.832. The van der Waals surface area contributed by atoms with Crippen molar-refractivity contribution in [3.05, 3.63) is 41.2 Å². The number of hydrogen-bond donors (Lipinski definition) is 3. The predicted octanol–water partition coefficient (Wildman–Crippen LogP) is 1.68. The number of nitrogens with two attached hydrogens (primary N) is 2. The molecule has 1 aliphatic carbocycles. The van der Waals surface area contributed by atoms with Crippen molar-refractivity contribution in [1.82, 2.24) is 0 Å². The molecule has 1 fully saturated rings. The largest absolute Gasteiger partial charge is 0.428 e. The predicted molar refractivity (Wildman–Crippen MR) is 102 cm³/mol. The van der Waals surface area contributed by atoms with Gasteiger partial charge in [-0.2, -0.15) is 10.5 Å². The highest BCUT2D eigenvalue weighted by Gasteiger charge is 2.35. The normalized spacial score (nSPS) is 14.9. The van der Waals surface area contributed by atoms with Crippen molar-refractivity contribution in [2.45, 2.75) is 38.1 Å². The standard InChI is InChI=1S/C20H23N5O3/c21-10-2-1-3-17(24)20(27)28-18(14-6-7-14)16(12-23)19(26)25-15-8-4-13(11-22)5-9-15/h4-5,8-9,14,17H,1-3,6-7,10,21,24H2,(H,25,26)/t17-/m0/s1. The van der Waals surface area contributed by atoms with Crippen LogP contribution in [0.15, 0.2) is 35.6 Å². The first kappa shape index (κ1) is 21.1. The van der Waals surface area contributed by atoms with Crippen molar-refractivity contribution in [2.24, 2.45) is 17.4 Å². The van der Waals surface area contributed by atoms with Crippen LogP contribution in [0.4, 0.5) is 5.69 Å². The van der Waals surface area contributed by atoms with Crippen LogP contribution in [0.2, 0.25) is 0 Å². The Morgan fingerprint density at radius 2 is 1.89 bits per heavy atom. The number of rotatable bonds is 9. The van der Waals surface area contributed by atoms with Gasteiger partial charge in [-0.15, -0.1) is 0 Å². The van der Waals surface area contributed by atoms with Crippen molar-refractivity contribution >= 4 is 17.6 Å². The van der Waals surface area contributed by atoms with E-state index in [4.69, 9.17) is 21.5 Å². The molecule has 0 bridgehead atoms. The van der Waals surface area contributed by atoms with Gasteiger partial charge in [0.05, 0.1) is 11.6 Å². The van der Waals surface area contributed by atoms with Crippen LogP contribution in [0.25, 0.3) is 0 Å². The molecular weight excluding hydrogens is 358 g/mol. The minimum Gasteiger partial charge on any atom is -0.428 e. The van der Waals surface area contributed by atoms with E-state index < -0.39 is 17.9 Å². The summed E-state index contributed by atoms with van der Waals surface area (Å²) in [6, 6.07) is 9.21. The van der Waals surface area contributed by atoms with Gasteiger partial charge in [-0.25, -0.2) is 4.79 Å². The van der Waals surface area contributed by atoms with Crippen LogP contribution in [-0.2, 0) is 14.3 Å². The van der Waals surface area contributed by atoms with Crippen LogP contribution >= 0.6 is 0 Å². The van der Waals surface area contributed by atoms with E-state index in [0.29, 0.717) is 30.6 Å². The molecule has 1 aliphatic rings. The molecule has 146 valence electrons. The third-order valence-corrected chi connectivity index (χ3v) is 4.29. The Labute approximate surface area is 163 Å². The van der Waals surface area contributed by atoms with E-state index in [2.05, 4.69) is 5.32 Å². The molecule has 1 atom stereocenters. The summed E-state index contributed by atoms with van der Waals surface area (Å²) in [5, 5.41) is 20.9. The lowest BCUT2D eigenvalue weighted by molar-refractivity contribution is -0.141. The van der Waals surface area contributed by atoms with E-state index in [0.717, 1.165) is 19.3 Å². The lowest BCUT2D eigenvalue weighted by atomic mass is 10.1. The zero-order valence-corrected chi connectivity index (χ0v) is 15.5. The molecule has 0 heterocycles. The van der Waals surface area contributed by atoms with Crippen molar-refractivity contribution in [2.75, 3.05) is 11.9 Å². The molecule has 8 nitrogen and oxygen atoms in total. The number of amides is 1. The Hall–Kier alpha value is -3.20. The van der Waals surface area contributed by atoms with E-state index in [1.165, 1.54) is 0 Å². The molecule has 0 aliphatic heterocycles. The fraction of sp³-hybridized carbons (Fsp3) is 0.400. The lowest BCUT2D eigenvalue weighted by Gasteiger charge is -2.14. The first-order valence-electron chi connectivity index (χ1n) is 9.13. The molecule has 0 spiro atoms. The van der Waals surface area contributed by atoms with Crippen LogP contribution in [0.1, 0.15) is 37.7 Å². The van der Waals surface area contributed by atoms with Gasteiger partial charge in [0.25, 0.3) is 5.91 Å². The molecule has 1 saturated carbocycles. The van der Waals surface area contributed by atoms with E-state index in [1.807, 2.05) is 12.1 Å². The Balaban J connectivity index is 2.12. The molecular formula is C20H23N5O3. The zero-order chi connectivity index (χ0) is 20.5. The van der Waals surface area contributed by atoms with Crippen molar-refractivity contribution in [1.29, 1.82) is 10.5 Å². The molecule has 8 heteroatoms. The highest BCUT2D eigenvalue weighted by molar-refractivity contribution is 6.07. The van der Waals surface area contributed by atoms with Gasteiger partial charge in [0.1, 0.15) is 17.9 Å². The molecule has 2 rings (SSSR count). The van der Waals surface area contributed by atoms with Gasteiger partial charge >= 0.3 is 5.97 Å². The molecule has 0 unspecified atom stereocenters. The van der Waals surface area contributed by atoms with Gasteiger partial charge in [-0.3, -0.25) is 4.79 Å². The van der Waals surface area contributed by atoms with Crippen molar-refractivity contribution < 1.29 is 14.3 Å². The second-order valence-electron chi connectivity index (χ2n) is 6.58. The number of hydrogen-bond acceptors (Lipinski definition) is 7. The van der Waals surface area contributed by atoms with Crippen molar-refractivity contribution in [3.8, 4) is 12.1 Å². The van der Waals surface area contributed by atoms with Gasteiger partial charge in [0.15, 0.2) is 5.57 Å². The Bertz CT molecular complexity index is 829. The number of esters is 1. The van der Waals surface area contributed by atoms with Crippen LogP contribution in [0.3, 0.4) is 0 Å². The van der Waals surface area contributed by atoms with Crippen LogP contribution in [-0.4, -0.2) is 24.5 Å². The SMILES string of the molecule is N#CC(C(=O)Nc1ccc(C#N)cc1)=C(OC(=O)[C@@H](N)CCCCN)C1CC1. The molecule has 0 aromatic heterocycles. The summed E-state index contributed by atoms with van der Waals surface area (Å²) in [4.78, 5) is 24.8. The fourth-order valence-electron chi connectivity index (χ4n) is 2.53.